The van der Waals surface area contributed by atoms with Crippen molar-refractivity contribution in [3.63, 3.8) is 0 Å². The van der Waals surface area contributed by atoms with Gasteiger partial charge in [0.15, 0.2) is 12.0 Å². The molecule has 3 aromatic rings. The normalized spacial score (nSPS) is 10.3. The molecule has 0 saturated heterocycles. The number of carbonyl (C=O) groups excluding carboxylic acids is 2. The molecule has 2 aromatic carbocycles. The Labute approximate surface area is 133 Å². The number of furan rings is 1. The lowest BCUT2D eigenvalue weighted by Crippen LogP contribution is -2.11. The Morgan fingerprint density at radius 3 is 2.61 bits per heavy atom. The van der Waals surface area contributed by atoms with E-state index in [2.05, 4.69) is 5.32 Å². The van der Waals surface area contributed by atoms with Crippen LogP contribution in [0.1, 0.15) is 26.5 Å². The highest BCUT2D eigenvalue weighted by atomic mass is 16.3. The van der Waals surface area contributed by atoms with Gasteiger partial charge < -0.3 is 9.73 Å². The highest BCUT2D eigenvalue weighted by Crippen LogP contribution is 2.23. The van der Waals surface area contributed by atoms with E-state index in [0.717, 1.165) is 16.8 Å². The second kappa shape index (κ2) is 6.32. The molecule has 1 N–H and O–H groups in total. The van der Waals surface area contributed by atoms with Crippen molar-refractivity contribution in [3.8, 4) is 11.3 Å². The molecule has 1 heterocycles. The van der Waals surface area contributed by atoms with Crippen molar-refractivity contribution in [1.82, 2.24) is 0 Å². The maximum atomic E-state index is 12.4. The van der Waals surface area contributed by atoms with Crippen molar-refractivity contribution < 1.29 is 14.0 Å². The molecule has 0 aliphatic rings. The molecule has 0 spiro atoms. The molecule has 0 unspecified atom stereocenters. The summed E-state index contributed by atoms with van der Waals surface area (Å²) in [5.41, 5.74) is 3.10. The zero-order valence-electron chi connectivity index (χ0n) is 12.6. The van der Waals surface area contributed by atoms with Crippen LogP contribution in [0.15, 0.2) is 65.1 Å². The van der Waals surface area contributed by atoms with Crippen molar-refractivity contribution in [2.24, 2.45) is 0 Å². The van der Waals surface area contributed by atoms with Crippen molar-refractivity contribution in [3.05, 3.63) is 77.6 Å². The largest absolute Gasteiger partial charge is 0.453 e. The standard InChI is InChI=1S/C19H15NO3/c1-13-4-2-7-16(10-13)20-19(22)15-6-3-5-14(11-15)18-9-8-17(12-21)23-18/h2-12H,1H3,(H,20,22). The van der Waals surface area contributed by atoms with E-state index >= 15 is 0 Å². The van der Waals surface area contributed by atoms with Crippen LogP contribution in [-0.2, 0) is 0 Å². The SMILES string of the molecule is Cc1cccc(NC(=O)c2cccc(-c3ccc(C=O)o3)c2)c1. The van der Waals surface area contributed by atoms with E-state index in [9.17, 15) is 9.59 Å². The number of amides is 1. The van der Waals surface area contributed by atoms with Crippen LogP contribution in [0, 0.1) is 6.92 Å². The number of rotatable bonds is 4. The molecule has 1 amide bonds. The zero-order chi connectivity index (χ0) is 16.2. The molecule has 0 fully saturated rings. The Bertz CT molecular complexity index is 864. The molecule has 1 aromatic heterocycles. The van der Waals surface area contributed by atoms with Gasteiger partial charge in [-0.3, -0.25) is 9.59 Å². The minimum atomic E-state index is -0.195. The van der Waals surface area contributed by atoms with Crippen LogP contribution in [0.5, 0.6) is 0 Å². The predicted octanol–water partition coefficient (Wildman–Crippen LogP) is 4.32. The highest BCUT2D eigenvalue weighted by molar-refractivity contribution is 6.04. The number of aldehydes is 1. The lowest BCUT2D eigenvalue weighted by atomic mass is 10.1. The van der Waals surface area contributed by atoms with Crippen LogP contribution in [0.4, 0.5) is 5.69 Å². The lowest BCUT2D eigenvalue weighted by molar-refractivity contribution is 0.102. The summed E-state index contributed by atoms with van der Waals surface area (Å²) in [5, 5.41) is 2.87. The fraction of sp³-hybridized carbons (Fsp3) is 0.0526. The van der Waals surface area contributed by atoms with Gasteiger partial charge in [-0.05, 0) is 48.9 Å². The number of hydrogen-bond donors (Lipinski definition) is 1. The molecule has 114 valence electrons. The van der Waals surface area contributed by atoms with E-state index in [0.29, 0.717) is 17.6 Å². The minimum absolute atomic E-state index is 0.195. The third-order valence-electron chi connectivity index (χ3n) is 3.43. The summed E-state index contributed by atoms with van der Waals surface area (Å²) in [7, 11) is 0. The highest BCUT2D eigenvalue weighted by Gasteiger charge is 2.10. The summed E-state index contributed by atoms with van der Waals surface area (Å²) in [6, 6.07) is 18.0. The molecule has 4 heteroatoms. The van der Waals surface area contributed by atoms with E-state index in [-0.39, 0.29) is 11.7 Å². The van der Waals surface area contributed by atoms with Gasteiger partial charge >= 0.3 is 0 Å². The molecule has 0 aliphatic carbocycles. The first-order valence-corrected chi connectivity index (χ1v) is 7.19. The average Bonchev–Trinajstić information content (AvgIpc) is 3.04. The Morgan fingerprint density at radius 2 is 1.87 bits per heavy atom. The molecular formula is C19H15NO3. The maximum Gasteiger partial charge on any atom is 0.255 e. The summed E-state index contributed by atoms with van der Waals surface area (Å²) in [5.74, 6) is 0.617. The first kappa shape index (κ1) is 14.8. The summed E-state index contributed by atoms with van der Waals surface area (Å²) in [6.45, 7) is 1.97. The number of hydrogen-bond acceptors (Lipinski definition) is 3. The Balaban J connectivity index is 1.84. The van der Waals surface area contributed by atoms with E-state index in [1.165, 1.54) is 0 Å². The quantitative estimate of drug-likeness (QED) is 0.730. The average molecular weight is 305 g/mol. The van der Waals surface area contributed by atoms with Gasteiger partial charge in [-0.1, -0.05) is 24.3 Å². The third kappa shape index (κ3) is 3.37. The van der Waals surface area contributed by atoms with Crippen molar-refractivity contribution in [2.45, 2.75) is 6.92 Å². The number of benzene rings is 2. The van der Waals surface area contributed by atoms with Gasteiger partial charge in [0.25, 0.3) is 5.91 Å². The van der Waals surface area contributed by atoms with Crippen LogP contribution in [0.25, 0.3) is 11.3 Å². The number of nitrogens with one attached hydrogen (secondary N) is 1. The number of carbonyl (C=O) groups is 2. The van der Waals surface area contributed by atoms with E-state index in [1.54, 1.807) is 30.3 Å². The monoisotopic (exact) mass is 305 g/mol. The van der Waals surface area contributed by atoms with Gasteiger partial charge in [0.2, 0.25) is 0 Å². The first-order valence-electron chi connectivity index (χ1n) is 7.19. The topological polar surface area (TPSA) is 59.3 Å². The van der Waals surface area contributed by atoms with Crippen molar-refractivity contribution in [2.75, 3.05) is 5.32 Å². The Hall–Kier alpha value is -3.14. The van der Waals surface area contributed by atoms with E-state index < -0.39 is 0 Å². The Morgan fingerprint density at radius 1 is 1.04 bits per heavy atom. The van der Waals surface area contributed by atoms with Crippen LogP contribution >= 0.6 is 0 Å². The van der Waals surface area contributed by atoms with Crippen molar-refractivity contribution >= 4 is 17.9 Å². The molecule has 0 atom stereocenters. The first-order chi connectivity index (χ1) is 11.2. The summed E-state index contributed by atoms with van der Waals surface area (Å²) in [4.78, 5) is 23.1. The lowest BCUT2D eigenvalue weighted by Gasteiger charge is -2.07. The van der Waals surface area contributed by atoms with Gasteiger partial charge in [0, 0.05) is 16.8 Å². The summed E-state index contributed by atoms with van der Waals surface area (Å²) >= 11 is 0. The van der Waals surface area contributed by atoms with Gasteiger partial charge in [-0.25, -0.2) is 0 Å². The molecule has 0 aliphatic heterocycles. The predicted molar refractivity (Wildman–Crippen MR) is 88.7 cm³/mol. The maximum absolute atomic E-state index is 12.4. The third-order valence-corrected chi connectivity index (χ3v) is 3.43. The molecule has 23 heavy (non-hydrogen) atoms. The molecule has 0 radical (unpaired) electrons. The zero-order valence-corrected chi connectivity index (χ0v) is 12.6. The minimum Gasteiger partial charge on any atom is -0.453 e. The summed E-state index contributed by atoms with van der Waals surface area (Å²) in [6.07, 6.45) is 0.651. The van der Waals surface area contributed by atoms with Gasteiger partial charge in [0.05, 0.1) is 0 Å². The van der Waals surface area contributed by atoms with Crippen LogP contribution in [-0.4, -0.2) is 12.2 Å². The van der Waals surface area contributed by atoms with Crippen LogP contribution in [0.2, 0.25) is 0 Å². The van der Waals surface area contributed by atoms with Gasteiger partial charge in [0.1, 0.15) is 5.76 Å². The second-order valence-electron chi connectivity index (χ2n) is 5.22. The smallest absolute Gasteiger partial charge is 0.255 e. The molecule has 0 saturated carbocycles. The van der Waals surface area contributed by atoms with Crippen molar-refractivity contribution in [1.29, 1.82) is 0 Å². The van der Waals surface area contributed by atoms with E-state index in [1.807, 2.05) is 37.3 Å². The number of aryl methyl sites for hydroxylation is 1. The van der Waals surface area contributed by atoms with Gasteiger partial charge in [-0.2, -0.15) is 0 Å². The Kier molecular flexibility index (Phi) is 4.06. The molecule has 3 rings (SSSR count). The fourth-order valence-corrected chi connectivity index (χ4v) is 2.31. The van der Waals surface area contributed by atoms with Crippen LogP contribution in [0.3, 0.4) is 0 Å². The molecular weight excluding hydrogens is 290 g/mol. The number of anilines is 1. The van der Waals surface area contributed by atoms with Crippen LogP contribution < -0.4 is 5.32 Å². The fourth-order valence-electron chi connectivity index (χ4n) is 2.31. The second-order valence-corrected chi connectivity index (χ2v) is 5.22. The van der Waals surface area contributed by atoms with E-state index in [4.69, 9.17) is 4.42 Å². The molecule has 4 nitrogen and oxygen atoms in total. The molecule has 0 bridgehead atoms. The summed E-state index contributed by atoms with van der Waals surface area (Å²) < 4.78 is 5.39. The van der Waals surface area contributed by atoms with Gasteiger partial charge in [-0.15, -0.1) is 0 Å².